The third-order valence-corrected chi connectivity index (χ3v) is 2.90. The maximum absolute atomic E-state index is 5.98. The summed E-state index contributed by atoms with van der Waals surface area (Å²) in [6, 6.07) is 1.92. The highest BCUT2D eigenvalue weighted by atomic mass is 35.5. The van der Waals surface area contributed by atoms with E-state index in [1.807, 2.05) is 12.3 Å². The van der Waals surface area contributed by atoms with Gasteiger partial charge >= 0.3 is 0 Å². The first-order chi connectivity index (χ1) is 6.76. The Morgan fingerprint density at radius 1 is 1.57 bits per heavy atom. The van der Waals surface area contributed by atoms with Gasteiger partial charge in [-0.25, -0.2) is 9.97 Å². The molecule has 0 saturated heterocycles. The lowest BCUT2D eigenvalue weighted by atomic mass is 10.3. The molecule has 1 N–H and O–H groups in total. The molecule has 0 aliphatic heterocycles. The van der Waals surface area contributed by atoms with Crippen LogP contribution in [0.5, 0.6) is 0 Å². The molecule has 78 valence electrons. The Hall–Kier alpha value is -0.480. The van der Waals surface area contributed by atoms with E-state index in [2.05, 4.69) is 22.2 Å². The summed E-state index contributed by atoms with van der Waals surface area (Å²) in [5, 5.41) is 4.29. The van der Waals surface area contributed by atoms with Crippen LogP contribution in [0.4, 0.5) is 5.82 Å². The van der Waals surface area contributed by atoms with Gasteiger partial charge in [0, 0.05) is 12.6 Å². The van der Waals surface area contributed by atoms with Crippen LogP contribution in [0.15, 0.2) is 17.4 Å². The van der Waals surface area contributed by atoms with Gasteiger partial charge in [0.25, 0.3) is 0 Å². The van der Waals surface area contributed by atoms with Crippen molar-refractivity contribution in [3.8, 4) is 0 Å². The number of anilines is 1. The number of aromatic nitrogens is 2. The summed E-state index contributed by atoms with van der Waals surface area (Å²) in [5.74, 6) is 0.837. The minimum Gasteiger partial charge on any atom is -0.368 e. The summed E-state index contributed by atoms with van der Waals surface area (Å²) in [4.78, 5) is 8.18. The first-order valence-electron chi connectivity index (χ1n) is 4.50. The SMILES string of the molecule is CCC(Cl)CNc1cc(SC)ncn1. The highest BCUT2D eigenvalue weighted by Gasteiger charge is 2.02. The van der Waals surface area contributed by atoms with Crippen molar-refractivity contribution in [2.75, 3.05) is 18.1 Å². The average molecular weight is 232 g/mol. The molecule has 5 heteroatoms. The number of hydrogen-bond donors (Lipinski definition) is 1. The predicted molar refractivity (Wildman–Crippen MR) is 62.2 cm³/mol. The minimum atomic E-state index is 0.155. The van der Waals surface area contributed by atoms with Crippen molar-refractivity contribution >= 4 is 29.2 Å². The molecule has 0 fully saturated rings. The molecule has 0 amide bonds. The van der Waals surface area contributed by atoms with E-state index in [0.29, 0.717) is 0 Å². The van der Waals surface area contributed by atoms with Crippen molar-refractivity contribution < 1.29 is 0 Å². The Kier molecular flexibility index (Phi) is 5.04. The zero-order chi connectivity index (χ0) is 10.4. The van der Waals surface area contributed by atoms with Crippen molar-refractivity contribution in [2.24, 2.45) is 0 Å². The molecule has 1 unspecified atom stereocenters. The number of halogens is 1. The van der Waals surface area contributed by atoms with E-state index in [1.54, 1.807) is 18.1 Å². The molecule has 0 aliphatic rings. The number of hydrogen-bond acceptors (Lipinski definition) is 4. The van der Waals surface area contributed by atoms with E-state index < -0.39 is 0 Å². The standard InChI is InChI=1S/C9H14ClN3S/c1-3-7(10)5-11-8-4-9(14-2)13-6-12-8/h4,6-7H,3,5H2,1-2H3,(H,11,12,13). The molecule has 3 nitrogen and oxygen atoms in total. The fourth-order valence-electron chi connectivity index (χ4n) is 0.907. The lowest BCUT2D eigenvalue weighted by Crippen LogP contribution is -2.13. The molecule has 1 aromatic heterocycles. The second-order valence-electron chi connectivity index (χ2n) is 2.83. The number of nitrogens with one attached hydrogen (secondary N) is 1. The second-order valence-corrected chi connectivity index (χ2v) is 4.28. The van der Waals surface area contributed by atoms with Crippen LogP contribution in [0.3, 0.4) is 0 Å². The number of alkyl halides is 1. The maximum atomic E-state index is 5.98. The highest BCUT2D eigenvalue weighted by molar-refractivity contribution is 7.98. The Balaban J connectivity index is 2.50. The Labute approximate surface area is 93.7 Å². The molecule has 14 heavy (non-hydrogen) atoms. The van der Waals surface area contributed by atoms with Crippen LogP contribution in [-0.4, -0.2) is 28.1 Å². The van der Waals surface area contributed by atoms with Crippen LogP contribution >= 0.6 is 23.4 Å². The van der Waals surface area contributed by atoms with Crippen molar-refractivity contribution in [1.82, 2.24) is 9.97 Å². The molecule has 0 aromatic carbocycles. The van der Waals surface area contributed by atoms with E-state index >= 15 is 0 Å². The van der Waals surface area contributed by atoms with E-state index in [1.165, 1.54) is 0 Å². The maximum Gasteiger partial charge on any atom is 0.130 e. The van der Waals surface area contributed by atoms with Gasteiger partial charge in [-0.15, -0.1) is 23.4 Å². The zero-order valence-corrected chi connectivity index (χ0v) is 9.90. The largest absolute Gasteiger partial charge is 0.368 e. The van der Waals surface area contributed by atoms with E-state index in [-0.39, 0.29) is 5.38 Å². The minimum absolute atomic E-state index is 0.155. The molecule has 0 aliphatic carbocycles. The average Bonchev–Trinajstić information content (AvgIpc) is 2.26. The van der Waals surface area contributed by atoms with Crippen LogP contribution < -0.4 is 5.32 Å². The molecule has 1 heterocycles. The summed E-state index contributed by atoms with van der Waals surface area (Å²) >= 11 is 7.58. The first-order valence-corrected chi connectivity index (χ1v) is 6.16. The Bertz CT molecular complexity index is 283. The van der Waals surface area contributed by atoms with Gasteiger partial charge in [-0.2, -0.15) is 0 Å². The fraction of sp³-hybridized carbons (Fsp3) is 0.556. The molecule has 1 atom stereocenters. The third-order valence-electron chi connectivity index (χ3n) is 1.80. The zero-order valence-electron chi connectivity index (χ0n) is 8.33. The molecule has 0 saturated carbocycles. The molecule has 0 bridgehead atoms. The summed E-state index contributed by atoms with van der Waals surface area (Å²) in [6.07, 6.45) is 4.50. The van der Waals surface area contributed by atoms with Crippen LogP contribution in [-0.2, 0) is 0 Å². The molecular formula is C9H14ClN3S. The van der Waals surface area contributed by atoms with Crippen LogP contribution in [0.1, 0.15) is 13.3 Å². The molecular weight excluding hydrogens is 218 g/mol. The fourth-order valence-corrected chi connectivity index (χ4v) is 1.37. The van der Waals surface area contributed by atoms with Gasteiger partial charge in [-0.3, -0.25) is 0 Å². The van der Waals surface area contributed by atoms with Crippen molar-refractivity contribution in [2.45, 2.75) is 23.7 Å². The Morgan fingerprint density at radius 2 is 2.36 bits per heavy atom. The predicted octanol–water partition coefficient (Wildman–Crippen LogP) is 2.63. The van der Waals surface area contributed by atoms with Crippen LogP contribution in [0, 0.1) is 0 Å². The van der Waals surface area contributed by atoms with Gasteiger partial charge in [-0.1, -0.05) is 6.92 Å². The molecule has 0 radical (unpaired) electrons. The van der Waals surface area contributed by atoms with E-state index in [4.69, 9.17) is 11.6 Å². The summed E-state index contributed by atoms with van der Waals surface area (Å²) < 4.78 is 0. The Morgan fingerprint density at radius 3 is 3.00 bits per heavy atom. The monoisotopic (exact) mass is 231 g/mol. The highest BCUT2D eigenvalue weighted by Crippen LogP contribution is 2.14. The first kappa shape index (κ1) is 11.6. The smallest absolute Gasteiger partial charge is 0.130 e. The number of thioether (sulfide) groups is 1. The van der Waals surface area contributed by atoms with Crippen LogP contribution in [0.25, 0.3) is 0 Å². The summed E-state index contributed by atoms with van der Waals surface area (Å²) in [5.41, 5.74) is 0. The summed E-state index contributed by atoms with van der Waals surface area (Å²) in [7, 11) is 0. The van der Waals surface area contributed by atoms with Crippen molar-refractivity contribution in [1.29, 1.82) is 0 Å². The van der Waals surface area contributed by atoms with Crippen molar-refractivity contribution in [3.63, 3.8) is 0 Å². The normalized spacial score (nSPS) is 12.5. The second kappa shape index (κ2) is 6.09. The summed E-state index contributed by atoms with van der Waals surface area (Å²) in [6.45, 7) is 2.80. The van der Waals surface area contributed by atoms with Gasteiger partial charge in [0.05, 0.1) is 5.38 Å². The lowest BCUT2D eigenvalue weighted by molar-refractivity contribution is 0.838. The van der Waals surface area contributed by atoms with E-state index in [0.717, 1.165) is 23.8 Å². The topological polar surface area (TPSA) is 37.8 Å². The molecule has 1 aromatic rings. The lowest BCUT2D eigenvalue weighted by Gasteiger charge is -2.08. The van der Waals surface area contributed by atoms with Crippen LogP contribution in [0.2, 0.25) is 0 Å². The van der Waals surface area contributed by atoms with Gasteiger partial charge in [0.1, 0.15) is 17.2 Å². The van der Waals surface area contributed by atoms with Gasteiger partial charge < -0.3 is 5.32 Å². The quantitative estimate of drug-likeness (QED) is 0.480. The van der Waals surface area contributed by atoms with E-state index in [9.17, 15) is 0 Å². The van der Waals surface area contributed by atoms with Gasteiger partial charge in [0.2, 0.25) is 0 Å². The van der Waals surface area contributed by atoms with Crippen molar-refractivity contribution in [3.05, 3.63) is 12.4 Å². The van der Waals surface area contributed by atoms with Gasteiger partial charge in [-0.05, 0) is 12.7 Å². The number of nitrogens with zero attached hydrogens (tertiary/aromatic N) is 2. The van der Waals surface area contributed by atoms with Gasteiger partial charge in [0.15, 0.2) is 0 Å². The molecule has 0 spiro atoms. The molecule has 1 rings (SSSR count). The number of rotatable bonds is 5. The third kappa shape index (κ3) is 3.72.